The zero-order chi connectivity index (χ0) is 17.1. The number of amides is 1. The van der Waals surface area contributed by atoms with Crippen molar-refractivity contribution in [1.82, 2.24) is 9.88 Å². The summed E-state index contributed by atoms with van der Waals surface area (Å²) < 4.78 is 0. The van der Waals surface area contributed by atoms with Crippen LogP contribution in [0.3, 0.4) is 0 Å². The average molecular weight is 343 g/mol. The molecule has 1 amide bonds. The third-order valence-corrected chi connectivity index (χ3v) is 4.64. The van der Waals surface area contributed by atoms with Gasteiger partial charge in [-0.15, -0.1) is 11.3 Å². The molecule has 0 radical (unpaired) electrons. The van der Waals surface area contributed by atoms with Gasteiger partial charge in [-0.3, -0.25) is 14.9 Å². The lowest BCUT2D eigenvalue weighted by Gasteiger charge is -2.35. The van der Waals surface area contributed by atoms with E-state index in [9.17, 15) is 14.9 Å². The van der Waals surface area contributed by atoms with Crippen molar-refractivity contribution in [2.45, 2.75) is 0 Å². The molecule has 1 saturated heterocycles. The van der Waals surface area contributed by atoms with E-state index in [1.807, 2.05) is 16.3 Å². The Kier molecular flexibility index (Phi) is 4.39. The van der Waals surface area contributed by atoms with Crippen LogP contribution < -0.4 is 4.90 Å². The van der Waals surface area contributed by atoms with Crippen molar-refractivity contribution in [3.05, 3.63) is 50.3 Å². The minimum Gasteiger partial charge on any atom is -0.353 e. The van der Waals surface area contributed by atoms with E-state index in [4.69, 9.17) is 5.26 Å². The summed E-state index contributed by atoms with van der Waals surface area (Å²) in [6, 6.07) is 8.24. The van der Waals surface area contributed by atoms with Crippen molar-refractivity contribution in [1.29, 1.82) is 5.26 Å². The lowest BCUT2D eigenvalue weighted by atomic mass is 10.2. The van der Waals surface area contributed by atoms with Crippen LogP contribution in [-0.2, 0) is 0 Å². The highest BCUT2D eigenvalue weighted by Gasteiger charge is 2.25. The number of carbonyl (C=O) groups excluding carboxylic acids is 1. The normalized spacial score (nSPS) is 14.3. The summed E-state index contributed by atoms with van der Waals surface area (Å²) in [5, 5.41) is 21.7. The number of hydrogen-bond acceptors (Lipinski definition) is 7. The van der Waals surface area contributed by atoms with Crippen molar-refractivity contribution in [2.75, 3.05) is 31.1 Å². The van der Waals surface area contributed by atoms with Crippen LogP contribution in [0.2, 0.25) is 0 Å². The number of piperazine rings is 1. The quantitative estimate of drug-likeness (QED) is 0.623. The molecule has 122 valence electrons. The number of hydrogen-bond donors (Lipinski definition) is 0. The molecule has 1 aliphatic heterocycles. The maximum atomic E-state index is 12.3. The van der Waals surface area contributed by atoms with Gasteiger partial charge in [0.05, 0.1) is 9.80 Å². The molecule has 24 heavy (non-hydrogen) atoms. The van der Waals surface area contributed by atoms with Gasteiger partial charge in [0.1, 0.15) is 11.9 Å². The second-order valence-electron chi connectivity index (χ2n) is 5.16. The van der Waals surface area contributed by atoms with Crippen LogP contribution >= 0.6 is 11.3 Å². The number of pyridine rings is 1. The molecule has 0 bridgehead atoms. The van der Waals surface area contributed by atoms with Gasteiger partial charge in [0.15, 0.2) is 0 Å². The van der Waals surface area contributed by atoms with E-state index >= 15 is 0 Å². The maximum absolute atomic E-state index is 12.3. The Morgan fingerprint density at radius 3 is 2.62 bits per heavy atom. The Morgan fingerprint density at radius 1 is 1.29 bits per heavy atom. The Balaban J connectivity index is 1.70. The van der Waals surface area contributed by atoms with Crippen molar-refractivity contribution in [3.8, 4) is 6.07 Å². The lowest BCUT2D eigenvalue weighted by molar-refractivity contribution is -0.385. The molecule has 0 spiro atoms. The summed E-state index contributed by atoms with van der Waals surface area (Å²) in [4.78, 5) is 31.0. The summed E-state index contributed by atoms with van der Waals surface area (Å²) in [5.74, 6) is 0.527. The third-order valence-electron chi connectivity index (χ3n) is 3.78. The van der Waals surface area contributed by atoms with Crippen molar-refractivity contribution >= 4 is 28.7 Å². The maximum Gasteiger partial charge on any atom is 0.305 e. The highest BCUT2D eigenvalue weighted by Crippen LogP contribution is 2.22. The van der Waals surface area contributed by atoms with E-state index < -0.39 is 4.92 Å². The first-order valence-electron chi connectivity index (χ1n) is 7.23. The van der Waals surface area contributed by atoms with Gasteiger partial charge in [0.25, 0.3) is 5.91 Å². The summed E-state index contributed by atoms with van der Waals surface area (Å²) in [6.45, 7) is 2.20. The molecule has 3 heterocycles. The van der Waals surface area contributed by atoms with Crippen LogP contribution in [0, 0.1) is 21.4 Å². The number of rotatable bonds is 3. The van der Waals surface area contributed by atoms with Gasteiger partial charge in [-0.05, 0) is 17.5 Å². The lowest BCUT2D eigenvalue weighted by Crippen LogP contribution is -2.48. The first-order valence-corrected chi connectivity index (χ1v) is 8.11. The van der Waals surface area contributed by atoms with Crippen LogP contribution in [0.5, 0.6) is 0 Å². The topological polar surface area (TPSA) is 103 Å². The third kappa shape index (κ3) is 3.04. The largest absolute Gasteiger partial charge is 0.353 e. The standard InChI is InChI=1S/C15H13N5O3S/c16-10-11-12(20(22)23)3-4-14(17-11)18-5-7-19(8-6-18)15(21)13-2-1-9-24-13/h1-4,9H,5-8H2. The van der Waals surface area contributed by atoms with Crippen molar-refractivity contribution in [3.63, 3.8) is 0 Å². The van der Waals surface area contributed by atoms with Gasteiger partial charge < -0.3 is 9.80 Å². The van der Waals surface area contributed by atoms with Crippen molar-refractivity contribution in [2.24, 2.45) is 0 Å². The molecule has 0 saturated carbocycles. The van der Waals surface area contributed by atoms with E-state index in [2.05, 4.69) is 4.98 Å². The van der Waals surface area contributed by atoms with E-state index in [1.165, 1.54) is 23.5 Å². The first kappa shape index (κ1) is 15.9. The molecule has 0 aliphatic carbocycles. The van der Waals surface area contributed by atoms with Crippen LogP contribution in [0.4, 0.5) is 11.5 Å². The minimum absolute atomic E-state index is 0.0130. The SMILES string of the molecule is N#Cc1nc(N2CCN(C(=O)c3cccs3)CC2)ccc1[N+](=O)[O-]. The second-order valence-corrected chi connectivity index (χ2v) is 6.11. The fraction of sp³-hybridized carbons (Fsp3) is 0.267. The molecule has 0 aromatic carbocycles. The predicted molar refractivity (Wildman–Crippen MR) is 88.0 cm³/mol. The number of nitro groups is 1. The van der Waals surface area contributed by atoms with Crippen molar-refractivity contribution < 1.29 is 9.72 Å². The van der Waals surface area contributed by atoms with Gasteiger partial charge in [0, 0.05) is 32.2 Å². The fourth-order valence-corrected chi connectivity index (χ4v) is 3.23. The van der Waals surface area contributed by atoms with Crippen LogP contribution in [-0.4, -0.2) is 46.9 Å². The Labute approximate surface area is 141 Å². The van der Waals surface area contributed by atoms with Gasteiger partial charge in [0.2, 0.25) is 5.69 Å². The highest BCUT2D eigenvalue weighted by molar-refractivity contribution is 7.12. The fourth-order valence-electron chi connectivity index (χ4n) is 2.54. The van der Waals surface area contributed by atoms with Gasteiger partial charge in [-0.1, -0.05) is 6.07 Å². The zero-order valence-corrected chi connectivity index (χ0v) is 13.4. The molecule has 1 fully saturated rings. The zero-order valence-electron chi connectivity index (χ0n) is 12.6. The number of nitrogens with zero attached hydrogens (tertiary/aromatic N) is 5. The number of anilines is 1. The minimum atomic E-state index is -0.618. The van der Waals surface area contributed by atoms with Crippen LogP contribution in [0.15, 0.2) is 29.6 Å². The van der Waals surface area contributed by atoms with E-state index in [1.54, 1.807) is 17.0 Å². The molecule has 0 N–H and O–H groups in total. The van der Waals surface area contributed by atoms with Crippen LogP contribution in [0.25, 0.3) is 0 Å². The van der Waals surface area contributed by atoms with E-state index in [0.717, 1.165) is 0 Å². The van der Waals surface area contributed by atoms with Gasteiger partial charge in [-0.2, -0.15) is 5.26 Å². The molecular weight excluding hydrogens is 330 g/mol. The van der Waals surface area contributed by atoms with E-state index in [0.29, 0.717) is 36.9 Å². The van der Waals surface area contributed by atoms with Crippen LogP contribution in [0.1, 0.15) is 15.4 Å². The summed E-state index contributed by atoms with van der Waals surface area (Å²) in [5.41, 5.74) is -0.498. The Bertz CT molecular complexity index is 807. The summed E-state index contributed by atoms with van der Waals surface area (Å²) in [7, 11) is 0. The smallest absolute Gasteiger partial charge is 0.305 e. The molecule has 8 nitrogen and oxygen atoms in total. The first-order chi connectivity index (χ1) is 11.6. The Morgan fingerprint density at radius 2 is 2.04 bits per heavy atom. The predicted octanol–water partition coefficient (Wildman–Crippen LogP) is 1.89. The average Bonchev–Trinajstić information content (AvgIpc) is 3.15. The van der Waals surface area contributed by atoms with Gasteiger partial charge in [-0.25, -0.2) is 4.98 Å². The molecule has 2 aromatic rings. The summed E-state index contributed by atoms with van der Waals surface area (Å²) >= 11 is 1.41. The molecule has 1 aliphatic rings. The second kappa shape index (κ2) is 6.64. The number of nitriles is 1. The highest BCUT2D eigenvalue weighted by atomic mass is 32.1. The molecule has 9 heteroatoms. The molecule has 0 unspecified atom stereocenters. The Hall–Kier alpha value is -2.99. The van der Waals surface area contributed by atoms with E-state index in [-0.39, 0.29) is 17.3 Å². The molecule has 3 rings (SSSR count). The number of carbonyl (C=O) groups is 1. The van der Waals surface area contributed by atoms with Gasteiger partial charge >= 0.3 is 5.69 Å². The number of thiophene rings is 1. The molecular formula is C15H13N5O3S. The number of aromatic nitrogens is 1. The monoisotopic (exact) mass is 343 g/mol. The summed E-state index contributed by atoms with van der Waals surface area (Å²) in [6.07, 6.45) is 0. The molecule has 0 atom stereocenters. The molecule has 2 aromatic heterocycles.